The highest BCUT2D eigenvalue weighted by atomic mass is 16.6. The van der Waals surface area contributed by atoms with Crippen molar-refractivity contribution in [3.8, 4) is 0 Å². The van der Waals surface area contributed by atoms with Crippen LogP contribution in [0.2, 0.25) is 0 Å². The number of nitro groups is 1. The Hall–Kier alpha value is -2.41. The van der Waals surface area contributed by atoms with Gasteiger partial charge in [-0.2, -0.15) is 0 Å². The van der Waals surface area contributed by atoms with Crippen LogP contribution in [-0.4, -0.2) is 27.0 Å². The Labute approximate surface area is 119 Å². The first-order valence-electron chi connectivity index (χ1n) is 6.74. The number of nitrogens with zero attached hydrogens (tertiary/aromatic N) is 1. The van der Waals surface area contributed by atoms with E-state index < -0.39 is 16.9 Å². The number of H-pyrrole nitrogens is 1. The van der Waals surface area contributed by atoms with E-state index in [9.17, 15) is 14.9 Å². The molecule has 0 spiro atoms. The van der Waals surface area contributed by atoms with Crippen molar-refractivity contribution >= 4 is 22.6 Å². The molecule has 1 saturated carbocycles. The van der Waals surface area contributed by atoms with Crippen molar-refractivity contribution in [3.05, 3.63) is 39.6 Å². The van der Waals surface area contributed by atoms with Gasteiger partial charge in [-0.25, -0.2) is 0 Å². The minimum Gasteiger partial charge on any atom is -0.480 e. The highest BCUT2D eigenvalue weighted by Gasteiger charge is 2.28. The van der Waals surface area contributed by atoms with Crippen LogP contribution in [0.25, 0.3) is 10.9 Å². The second-order valence-electron chi connectivity index (χ2n) is 5.46. The number of hydrogen-bond donors (Lipinski definition) is 3. The van der Waals surface area contributed by atoms with Crippen LogP contribution < -0.4 is 5.73 Å². The van der Waals surface area contributed by atoms with E-state index in [-0.39, 0.29) is 12.1 Å². The molecule has 3 rings (SSSR count). The molecule has 1 fully saturated rings. The lowest BCUT2D eigenvalue weighted by Gasteiger charge is -2.06. The molecular formula is C14H15N3O4. The zero-order valence-electron chi connectivity index (χ0n) is 11.2. The molecule has 0 radical (unpaired) electrons. The van der Waals surface area contributed by atoms with E-state index in [4.69, 9.17) is 10.8 Å². The fourth-order valence-electron chi connectivity index (χ4n) is 2.62. The molecule has 2 aromatic rings. The van der Waals surface area contributed by atoms with Gasteiger partial charge in [0.1, 0.15) is 6.04 Å². The molecular weight excluding hydrogens is 274 g/mol. The van der Waals surface area contributed by atoms with E-state index in [0.717, 1.165) is 18.4 Å². The minimum atomic E-state index is -1.12. The number of nitrogens with one attached hydrogen (secondary N) is 1. The van der Waals surface area contributed by atoms with Crippen molar-refractivity contribution in [1.29, 1.82) is 0 Å². The molecule has 0 aliphatic heterocycles. The third-order valence-corrected chi connectivity index (χ3v) is 3.87. The van der Waals surface area contributed by atoms with Gasteiger partial charge in [0.15, 0.2) is 0 Å². The molecule has 21 heavy (non-hydrogen) atoms. The average Bonchev–Trinajstić information content (AvgIpc) is 3.21. The van der Waals surface area contributed by atoms with Crippen molar-refractivity contribution in [2.75, 3.05) is 0 Å². The number of nitrogens with two attached hydrogens (primary N) is 1. The normalized spacial score (nSPS) is 16.0. The Morgan fingerprint density at radius 3 is 2.81 bits per heavy atom. The Morgan fingerprint density at radius 2 is 2.24 bits per heavy atom. The van der Waals surface area contributed by atoms with Crippen molar-refractivity contribution in [2.24, 2.45) is 5.73 Å². The molecule has 0 amide bonds. The number of carboxylic acids is 1. The van der Waals surface area contributed by atoms with Crippen molar-refractivity contribution in [3.63, 3.8) is 0 Å². The zero-order chi connectivity index (χ0) is 15.1. The van der Waals surface area contributed by atoms with Gasteiger partial charge in [-0.15, -0.1) is 0 Å². The molecule has 110 valence electrons. The summed E-state index contributed by atoms with van der Waals surface area (Å²) in [5, 5.41) is 20.7. The van der Waals surface area contributed by atoms with E-state index in [1.54, 1.807) is 12.3 Å². The molecule has 1 aromatic heterocycles. The molecule has 1 heterocycles. The van der Waals surface area contributed by atoms with Gasteiger partial charge in [0, 0.05) is 18.7 Å². The Morgan fingerprint density at radius 1 is 1.52 bits per heavy atom. The van der Waals surface area contributed by atoms with Crippen molar-refractivity contribution < 1.29 is 14.8 Å². The van der Waals surface area contributed by atoms with Crippen LogP contribution in [0.5, 0.6) is 0 Å². The van der Waals surface area contributed by atoms with Crippen LogP contribution in [-0.2, 0) is 11.2 Å². The van der Waals surface area contributed by atoms with Gasteiger partial charge in [0.2, 0.25) is 0 Å². The number of aromatic nitrogens is 1. The second kappa shape index (κ2) is 4.85. The number of rotatable bonds is 5. The molecule has 0 saturated heterocycles. The molecule has 0 unspecified atom stereocenters. The Balaban J connectivity index is 2.10. The smallest absolute Gasteiger partial charge is 0.320 e. The number of aliphatic carboxylic acids is 1. The molecule has 4 N–H and O–H groups in total. The van der Waals surface area contributed by atoms with Gasteiger partial charge in [-0.05, 0) is 36.0 Å². The summed E-state index contributed by atoms with van der Waals surface area (Å²) in [6, 6.07) is 2.44. The minimum absolute atomic E-state index is 0.0169. The van der Waals surface area contributed by atoms with Gasteiger partial charge < -0.3 is 15.8 Å². The van der Waals surface area contributed by atoms with E-state index >= 15 is 0 Å². The largest absolute Gasteiger partial charge is 0.480 e. The number of fused-ring (bicyclic) bond motifs is 1. The summed E-state index contributed by atoms with van der Waals surface area (Å²) >= 11 is 0. The van der Waals surface area contributed by atoms with E-state index in [0.29, 0.717) is 22.4 Å². The summed E-state index contributed by atoms with van der Waals surface area (Å²) in [6.45, 7) is 0. The van der Waals surface area contributed by atoms with Crippen LogP contribution >= 0.6 is 0 Å². The lowest BCUT2D eigenvalue weighted by Crippen LogP contribution is -2.32. The maximum Gasteiger partial charge on any atom is 0.320 e. The SMILES string of the molecule is N[C@@H](Cc1c[nH]c2cc(C3CC3)cc([N+](=O)[O-])c12)C(=O)O. The van der Waals surface area contributed by atoms with E-state index in [1.165, 1.54) is 0 Å². The van der Waals surface area contributed by atoms with Crippen LogP contribution in [0.4, 0.5) is 5.69 Å². The second-order valence-corrected chi connectivity index (χ2v) is 5.46. The standard InChI is InChI=1S/C14H15N3O4/c15-10(14(18)19)3-9-6-16-11-4-8(7-1-2-7)5-12(13(9)11)17(20)21/h4-7,10,16H,1-3,15H2,(H,18,19)/t10-/m0/s1. The first-order valence-corrected chi connectivity index (χ1v) is 6.74. The summed E-state index contributed by atoms with van der Waals surface area (Å²) in [5.74, 6) is -0.720. The monoisotopic (exact) mass is 289 g/mol. The highest BCUT2D eigenvalue weighted by Crippen LogP contribution is 2.43. The van der Waals surface area contributed by atoms with E-state index in [1.807, 2.05) is 6.07 Å². The summed E-state index contributed by atoms with van der Waals surface area (Å²) in [5.41, 5.74) is 7.74. The molecule has 7 heteroatoms. The maximum atomic E-state index is 11.3. The quantitative estimate of drug-likeness (QED) is 0.573. The summed E-state index contributed by atoms with van der Waals surface area (Å²) in [6.07, 6.45) is 3.77. The lowest BCUT2D eigenvalue weighted by molar-refractivity contribution is -0.383. The maximum absolute atomic E-state index is 11.3. The highest BCUT2D eigenvalue weighted by molar-refractivity contribution is 5.93. The Kier molecular flexibility index (Phi) is 3.13. The fraction of sp³-hybridized carbons (Fsp3) is 0.357. The third kappa shape index (κ3) is 2.47. The van der Waals surface area contributed by atoms with Gasteiger partial charge in [-0.3, -0.25) is 14.9 Å². The Bertz CT molecular complexity index is 733. The predicted octanol–water partition coefficient (Wildman–Crippen LogP) is 1.91. The van der Waals surface area contributed by atoms with Crippen molar-refractivity contribution in [2.45, 2.75) is 31.2 Å². The molecule has 1 aliphatic rings. The third-order valence-electron chi connectivity index (χ3n) is 3.87. The molecule has 1 aliphatic carbocycles. The first kappa shape index (κ1) is 13.6. The number of aromatic amines is 1. The summed E-state index contributed by atoms with van der Waals surface area (Å²) in [7, 11) is 0. The van der Waals surface area contributed by atoms with Crippen LogP contribution in [0, 0.1) is 10.1 Å². The molecule has 7 nitrogen and oxygen atoms in total. The fourth-order valence-corrected chi connectivity index (χ4v) is 2.62. The van der Waals surface area contributed by atoms with Gasteiger partial charge >= 0.3 is 5.97 Å². The number of nitro benzene ring substituents is 1. The van der Waals surface area contributed by atoms with Crippen molar-refractivity contribution in [1.82, 2.24) is 4.98 Å². The van der Waals surface area contributed by atoms with Gasteiger partial charge in [0.05, 0.1) is 15.8 Å². The zero-order valence-corrected chi connectivity index (χ0v) is 11.2. The first-order chi connectivity index (χ1) is 9.97. The van der Waals surface area contributed by atoms with Gasteiger partial charge in [0.25, 0.3) is 5.69 Å². The summed E-state index contributed by atoms with van der Waals surface area (Å²) in [4.78, 5) is 24.8. The lowest BCUT2D eigenvalue weighted by atomic mass is 10.0. The van der Waals surface area contributed by atoms with E-state index in [2.05, 4.69) is 4.98 Å². The van der Waals surface area contributed by atoms with Crippen LogP contribution in [0.1, 0.15) is 29.9 Å². The molecule has 1 aromatic carbocycles. The van der Waals surface area contributed by atoms with Crippen LogP contribution in [0.3, 0.4) is 0 Å². The van der Waals surface area contributed by atoms with Crippen LogP contribution in [0.15, 0.2) is 18.3 Å². The summed E-state index contributed by atoms with van der Waals surface area (Å²) < 4.78 is 0. The number of non-ortho nitro benzene ring substituents is 1. The number of carbonyl (C=O) groups is 1. The average molecular weight is 289 g/mol. The predicted molar refractivity (Wildman–Crippen MR) is 76.2 cm³/mol. The number of hydrogen-bond acceptors (Lipinski definition) is 4. The number of benzene rings is 1. The number of carboxylic acid groups (broad SMARTS) is 1. The topological polar surface area (TPSA) is 122 Å². The molecule has 1 atom stereocenters. The molecule has 0 bridgehead atoms. The van der Waals surface area contributed by atoms with Gasteiger partial charge in [-0.1, -0.05) is 0 Å².